The molecule has 1 aromatic rings. The van der Waals surface area contributed by atoms with E-state index in [-0.39, 0.29) is 11.8 Å². The van der Waals surface area contributed by atoms with Crippen molar-refractivity contribution >= 4 is 23.2 Å². The molecule has 21 heavy (non-hydrogen) atoms. The lowest BCUT2D eigenvalue weighted by molar-refractivity contribution is -0.133. The maximum atomic E-state index is 12.3. The van der Waals surface area contributed by atoms with Gasteiger partial charge < -0.3 is 14.5 Å². The zero-order valence-corrected chi connectivity index (χ0v) is 13.2. The summed E-state index contributed by atoms with van der Waals surface area (Å²) in [5.74, 6) is 0.271. The number of carbonyl (C=O) groups is 2. The molecular weight excluding hydrogens is 288 g/mol. The first-order valence-corrected chi connectivity index (χ1v) is 8.15. The summed E-state index contributed by atoms with van der Waals surface area (Å²) in [4.78, 5) is 29.1. The normalized spacial score (nSPS) is 15.9. The van der Waals surface area contributed by atoms with Crippen molar-refractivity contribution in [1.82, 2.24) is 9.80 Å². The fourth-order valence-electron chi connectivity index (χ4n) is 2.44. The number of thiophene rings is 1. The summed E-state index contributed by atoms with van der Waals surface area (Å²) in [6, 6.07) is 3.95. The van der Waals surface area contributed by atoms with Crippen LogP contribution in [0.4, 0.5) is 0 Å². The highest BCUT2D eigenvalue weighted by molar-refractivity contribution is 7.10. The SMILES string of the molecule is COCCC(=O)N1CCCN(C(=O)Cc2cccs2)CC1. The first-order valence-electron chi connectivity index (χ1n) is 7.27. The molecule has 6 heteroatoms. The molecule has 0 spiro atoms. The predicted molar refractivity (Wildman–Crippen MR) is 82.3 cm³/mol. The lowest BCUT2D eigenvalue weighted by Gasteiger charge is -2.22. The van der Waals surface area contributed by atoms with Gasteiger partial charge in [-0.15, -0.1) is 11.3 Å². The van der Waals surface area contributed by atoms with Gasteiger partial charge in [0.05, 0.1) is 19.4 Å². The van der Waals surface area contributed by atoms with E-state index < -0.39 is 0 Å². The Morgan fingerprint density at radius 3 is 2.52 bits per heavy atom. The summed E-state index contributed by atoms with van der Waals surface area (Å²) >= 11 is 1.61. The molecule has 2 amide bonds. The number of hydrogen-bond acceptors (Lipinski definition) is 4. The van der Waals surface area contributed by atoms with Crippen molar-refractivity contribution in [3.8, 4) is 0 Å². The number of carbonyl (C=O) groups excluding carboxylic acids is 2. The van der Waals surface area contributed by atoms with Crippen molar-refractivity contribution in [2.45, 2.75) is 19.3 Å². The molecule has 0 unspecified atom stereocenters. The monoisotopic (exact) mass is 310 g/mol. The van der Waals surface area contributed by atoms with Gasteiger partial charge >= 0.3 is 0 Å². The Balaban J connectivity index is 1.82. The van der Waals surface area contributed by atoms with Gasteiger partial charge in [-0.1, -0.05) is 6.07 Å². The van der Waals surface area contributed by atoms with E-state index in [1.807, 2.05) is 27.3 Å². The number of amides is 2. The van der Waals surface area contributed by atoms with Crippen LogP contribution in [0, 0.1) is 0 Å². The van der Waals surface area contributed by atoms with E-state index in [9.17, 15) is 9.59 Å². The average molecular weight is 310 g/mol. The maximum absolute atomic E-state index is 12.3. The molecule has 0 radical (unpaired) electrons. The Labute approximate surface area is 129 Å². The third kappa shape index (κ3) is 4.82. The van der Waals surface area contributed by atoms with Gasteiger partial charge in [0.2, 0.25) is 11.8 Å². The fraction of sp³-hybridized carbons (Fsp3) is 0.600. The van der Waals surface area contributed by atoms with E-state index in [1.54, 1.807) is 18.4 Å². The Morgan fingerprint density at radius 1 is 1.19 bits per heavy atom. The van der Waals surface area contributed by atoms with E-state index in [1.165, 1.54) is 0 Å². The average Bonchev–Trinajstić information content (AvgIpc) is 2.86. The van der Waals surface area contributed by atoms with Crippen LogP contribution in [0.5, 0.6) is 0 Å². The molecule has 0 N–H and O–H groups in total. The number of ether oxygens (including phenoxy) is 1. The van der Waals surface area contributed by atoms with Crippen molar-refractivity contribution in [2.24, 2.45) is 0 Å². The quantitative estimate of drug-likeness (QED) is 0.826. The molecule has 5 nitrogen and oxygen atoms in total. The van der Waals surface area contributed by atoms with Gasteiger partial charge in [-0.25, -0.2) is 0 Å². The van der Waals surface area contributed by atoms with Gasteiger partial charge in [0.15, 0.2) is 0 Å². The van der Waals surface area contributed by atoms with Gasteiger partial charge in [-0.2, -0.15) is 0 Å². The van der Waals surface area contributed by atoms with Crippen LogP contribution >= 0.6 is 11.3 Å². The van der Waals surface area contributed by atoms with Gasteiger partial charge in [0, 0.05) is 38.2 Å². The molecule has 1 aliphatic rings. The van der Waals surface area contributed by atoms with E-state index in [0.717, 1.165) is 24.4 Å². The predicted octanol–water partition coefficient (Wildman–Crippen LogP) is 1.39. The van der Waals surface area contributed by atoms with Crippen molar-refractivity contribution in [2.75, 3.05) is 39.9 Å². The van der Waals surface area contributed by atoms with Crippen molar-refractivity contribution in [3.05, 3.63) is 22.4 Å². The molecule has 1 fully saturated rings. The van der Waals surface area contributed by atoms with Crippen LogP contribution < -0.4 is 0 Å². The van der Waals surface area contributed by atoms with Crippen LogP contribution in [-0.4, -0.2) is 61.5 Å². The lowest BCUT2D eigenvalue weighted by atomic mass is 10.3. The van der Waals surface area contributed by atoms with Crippen LogP contribution in [0.25, 0.3) is 0 Å². The zero-order chi connectivity index (χ0) is 15.1. The summed E-state index contributed by atoms with van der Waals surface area (Å²) < 4.78 is 4.94. The molecule has 116 valence electrons. The van der Waals surface area contributed by atoms with Gasteiger partial charge in [-0.05, 0) is 17.9 Å². The van der Waals surface area contributed by atoms with E-state index >= 15 is 0 Å². The molecule has 0 atom stereocenters. The summed E-state index contributed by atoms with van der Waals surface area (Å²) in [6.45, 7) is 3.17. The molecular formula is C15H22N2O3S. The minimum atomic E-state index is 0.115. The van der Waals surface area contributed by atoms with Crippen molar-refractivity contribution in [1.29, 1.82) is 0 Å². The topological polar surface area (TPSA) is 49.9 Å². The molecule has 2 rings (SSSR count). The van der Waals surface area contributed by atoms with Gasteiger partial charge in [-0.3, -0.25) is 9.59 Å². The number of nitrogens with zero attached hydrogens (tertiary/aromatic N) is 2. The smallest absolute Gasteiger partial charge is 0.227 e. The minimum absolute atomic E-state index is 0.115. The molecule has 0 aliphatic carbocycles. The third-order valence-corrected chi connectivity index (χ3v) is 4.50. The standard InChI is InChI=1S/C15H22N2O3S/c1-20-10-5-14(18)16-6-3-7-17(9-8-16)15(19)12-13-4-2-11-21-13/h2,4,11H,3,5-10,12H2,1H3. The molecule has 1 saturated heterocycles. The van der Waals surface area contributed by atoms with E-state index in [0.29, 0.717) is 32.5 Å². The first kappa shape index (κ1) is 16.0. The zero-order valence-electron chi connectivity index (χ0n) is 12.4. The van der Waals surface area contributed by atoms with Crippen LogP contribution in [0.2, 0.25) is 0 Å². The van der Waals surface area contributed by atoms with Crippen molar-refractivity contribution in [3.63, 3.8) is 0 Å². The van der Waals surface area contributed by atoms with Crippen LogP contribution in [0.1, 0.15) is 17.7 Å². The highest BCUT2D eigenvalue weighted by Crippen LogP contribution is 2.12. The van der Waals surface area contributed by atoms with Crippen molar-refractivity contribution < 1.29 is 14.3 Å². The Hall–Kier alpha value is -1.40. The fourth-order valence-corrected chi connectivity index (χ4v) is 3.13. The molecule has 0 aromatic carbocycles. The second-order valence-corrected chi connectivity index (χ2v) is 6.15. The van der Waals surface area contributed by atoms with Gasteiger partial charge in [0.1, 0.15) is 0 Å². The number of hydrogen-bond donors (Lipinski definition) is 0. The molecule has 0 bridgehead atoms. The molecule has 1 aliphatic heterocycles. The highest BCUT2D eigenvalue weighted by Gasteiger charge is 2.21. The molecule has 0 saturated carbocycles. The molecule has 2 heterocycles. The van der Waals surface area contributed by atoms with E-state index in [2.05, 4.69) is 0 Å². The Morgan fingerprint density at radius 2 is 1.90 bits per heavy atom. The second-order valence-electron chi connectivity index (χ2n) is 5.11. The summed E-state index contributed by atoms with van der Waals surface area (Å²) in [6.07, 6.45) is 1.73. The summed E-state index contributed by atoms with van der Waals surface area (Å²) in [7, 11) is 1.60. The maximum Gasteiger partial charge on any atom is 0.227 e. The van der Waals surface area contributed by atoms with Crippen LogP contribution in [-0.2, 0) is 20.7 Å². The summed E-state index contributed by atoms with van der Waals surface area (Å²) in [5, 5.41) is 1.99. The van der Waals surface area contributed by atoms with E-state index in [4.69, 9.17) is 4.74 Å². The van der Waals surface area contributed by atoms with Crippen LogP contribution in [0.3, 0.4) is 0 Å². The third-order valence-electron chi connectivity index (χ3n) is 3.63. The minimum Gasteiger partial charge on any atom is -0.384 e. The lowest BCUT2D eigenvalue weighted by Crippen LogP contribution is -2.38. The summed E-state index contributed by atoms with van der Waals surface area (Å²) in [5.41, 5.74) is 0. The largest absolute Gasteiger partial charge is 0.384 e. The first-order chi connectivity index (χ1) is 10.2. The Bertz CT molecular complexity index is 461. The number of rotatable bonds is 5. The van der Waals surface area contributed by atoms with Gasteiger partial charge in [0.25, 0.3) is 0 Å². The highest BCUT2D eigenvalue weighted by atomic mass is 32.1. The van der Waals surface area contributed by atoms with Crippen LogP contribution in [0.15, 0.2) is 17.5 Å². The number of methoxy groups -OCH3 is 1. The molecule has 1 aromatic heterocycles. The second kappa shape index (κ2) is 8.14. The Kier molecular flexibility index (Phi) is 6.20.